The van der Waals surface area contributed by atoms with Gasteiger partial charge in [-0.15, -0.1) is 0 Å². The standard InChI is InChI=1S/C49H37F3N8O7/c1-26-19-30(49(50,51)52)21-31(20-26)60-44(63)33-12-6-8-14-35(33)48(60,67)29-16-18-37-39(23-29)57-45(56-37)59(46(64)65)40(24-41(53)61)42-54-36-17-15-28(22-38(36)55-42)47(66)34-13-7-5-11-32(34)43(62)58(47)25-27-9-3-2-4-10-27/h2-23,40,66-67H,24-25H2,1H3,(H2,53,61)(H,54,55)(H,56,57)(H,64,65). The molecule has 0 fully saturated rings. The average Bonchev–Trinajstić information content (AvgIpc) is 4.03. The van der Waals surface area contributed by atoms with Gasteiger partial charge in [-0.25, -0.2) is 19.7 Å². The number of aliphatic hydroxyl groups is 2. The lowest BCUT2D eigenvalue weighted by molar-refractivity contribution is -0.137. The molecule has 3 atom stereocenters. The summed E-state index contributed by atoms with van der Waals surface area (Å²) >= 11 is 0. The SMILES string of the molecule is Cc1cc(N2C(=O)c3ccccc3C2(O)c2ccc3[nH]c(N(C(=O)O)C(CC(N)=O)c4nc5cc(C6(O)c7ccccc7C(=O)N6Cc6ccccc6)ccc5[nH]4)nc3c2)cc(C(F)(F)F)c1. The minimum absolute atomic E-state index is 0.0191. The van der Waals surface area contributed by atoms with E-state index >= 15 is 0 Å². The Morgan fingerprint density at radius 1 is 0.746 bits per heavy atom. The largest absolute Gasteiger partial charge is 0.465 e. The minimum atomic E-state index is -4.76. The molecule has 6 aromatic carbocycles. The van der Waals surface area contributed by atoms with E-state index in [4.69, 9.17) is 10.7 Å². The van der Waals surface area contributed by atoms with Gasteiger partial charge in [-0.05, 0) is 72.6 Å². The Labute approximate surface area is 377 Å². The van der Waals surface area contributed by atoms with Gasteiger partial charge in [0.1, 0.15) is 11.9 Å². The number of aryl methyl sites for hydroxylation is 1. The van der Waals surface area contributed by atoms with Gasteiger partial charge in [0.2, 0.25) is 11.9 Å². The molecule has 0 radical (unpaired) electrons. The fourth-order valence-corrected chi connectivity index (χ4v) is 9.28. The fourth-order valence-electron chi connectivity index (χ4n) is 9.28. The molecule has 0 saturated carbocycles. The average molecular weight is 907 g/mol. The van der Waals surface area contributed by atoms with E-state index in [0.717, 1.165) is 27.5 Å². The molecule has 2 aliphatic rings. The molecule has 10 rings (SSSR count). The van der Waals surface area contributed by atoms with Crippen molar-refractivity contribution < 1.29 is 47.7 Å². The van der Waals surface area contributed by atoms with Gasteiger partial charge in [0.15, 0.2) is 11.4 Å². The Bertz CT molecular complexity index is 3360. The second-order valence-corrected chi connectivity index (χ2v) is 16.5. The van der Waals surface area contributed by atoms with Crippen molar-refractivity contribution in [1.29, 1.82) is 0 Å². The van der Waals surface area contributed by atoms with Gasteiger partial charge >= 0.3 is 12.3 Å². The Morgan fingerprint density at radius 2 is 1.33 bits per heavy atom. The third-order valence-electron chi connectivity index (χ3n) is 12.3. The Kier molecular flexibility index (Phi) is 9.78. The lowest BCUT2D eigenvalue weighted by Crippen LogP contribution is -2.45. The van der Waals surface area contributed by atoms with Gasteiger partial charge in [-0.1, -0.05) is 78.9 Å². The van der Waals surface area contributed by atoms with E-state index in [1.54, 1.807) is 54.6 Å². The van der Waals surface area contributed by atoms with Gasteiger partial charge in [0.05, 0.1) is 34.1 Å². The second kappa shape index (κ2) is 15.4. The van der Waals surface area contributed by atoms with Gasteiger partial charge in [0.25, 0.3) is 11.8 Å². The number of primary amides is 1. The Hall–Kier alpha value is -8.35. The first-order valence-electron chi connectivity index (χ1n) is 20.8. The number of anilines is 2. The van der Waals surface area contributed by atoms with Crippen molar-refractivity contribution in [2.45, 2.75) is 43.6 Å². The summed E-state index contributed by atoms with van der Waals surface area (Å²) in [4.78, 5) is 72.1. The molecule has 4 heterocycles. The number of H-pyrrole nitrogens is 2. The number of carbonyl (C=O) groups excluding carboxylic acids is 3. The van der Waals surface area contributed by atoms with Crippen LogP contribution < -0.4 is 15.5 Å². The number of carboxylic acid groups (broad SMARTS) is 1. The van der Waals surface area contributed by atoms with Crippen molar-refractivity contribution in [2.75, 3.05) is 9.80 Å². The van der Waals surface area contributed by atoms with Crippen LogP contribution in [0.15, 0.2) is 133 Å². The van der Waals surface area contributed by atoms with Crippen molar-refractivity contribution in [3.8, 4) is 0 Å². The van der Waals surface area contributed by atoms with E-state index in [-0.39, 0.29) is 74.3 Å². The molecule has 8 aromatic rings. The number of alkyl halides is 3. The predicted octanol–water partition coefficient (Wildman–Crippen LogP) is 7.57. The molecule has 0 spiro atoms. The quantitative estimate of drug-likeness (QED) is 0.0795. The molecule has 336 valence electrons. The van der Waals surface area contributed by atoms with Crippen LogP contribution in [0.3, 0.4) is 0 Å². The number of aromatic nitrogens is 4. The summed E-state index contributed by atoms with van der Waals surface area (Å²) in [5, 5.41) is 36.1. The normalized spacial score (nSPS) is 18.4. The van der Waals surface area contributed by atoms with Crippen LogP contribution in [0.1, 0.15) is 77.9 Å². The number of amides is 4. The van der Waals surface area contributed by atoms with Gasteiger partial charge in [-0.3, -0.25) is 24.2 Å². The molecule has 0 aliphatic carbocycles. The highest BCUT2D eigenvalue weighted by Crippen LogP contribution is 2.48. The van der Waals surface area contributed by atoms with E-state index < -0.39 is 53.6 Å². The van der Waals surface area contributed by atoms with Crippen LogP contribution in [0.25, 0.3) is 22.1 Å². The maximum atomic E-state index is 14.0. The second-order valence-electron chi connectivity index (χ2n) is 16.5. The molecule has 3 unspecified atom stereocenters. The lowest BCUT2D eigenvalue weighted by atomic mass is 9.93. The van der Waals surface area contributed by atoms with E-state index in [2.05, 4.69) is 15.0 Å². The number of benzene rings is 6. The zero-order chi connectivity index (χ0) is 47.2. The van der Waals surface area contributed by atoms with Crippen LogP contribution in [-0.2, 0) is 29.0 Å². The number of aromatic amines is 2. The molecule has 15 nitrogen and oxygen atoms in total. The number of fused-ring (bicyclic) bond motifs is 4. The van der Waals surface area contributed by atoms with Crippen LogP contribution in [0.5, 0.6) is 0 Å². The lowest BCUT2D eigenvalue weighted by Gasteiger charge is -2.35. The molecule has 67 heavy (non-hydrogen) atoms. The topological polar surface area (TPSA) is 222 Å². The number of nitrogens with zero attached hydrogens (tertiary/aromatic N) is 5. The third kappa shape index (κ3) is 6.83. The molecule has 7 N–H and O–H groups in total. The highest BCUT2D eigenvalue weighted by Gasteiger charge is 2.52. The van der Waals surface area contributed by atoms with Crippen LogP contribution in [0, 0.1) is 6.92 Å². The van der Waals surface area contributed by atoms with Crippen molar-refractivity contribution in [3.05, 3.63) is 189 Å². The van der Waals surface area contributed by atoms with Crippen LogP contribution in [-0.4, -0.2) is 64.0 Å². The number of nitrogens with one attached hydrogen (secondary N) is 2. The summed E-state index contributed by atoms with van der Waals surface area (Å²) in [6.07, 6.45) is -6.91. The first kappa shape index (κ1) is 42.6. The molecule has 4 amide bonds. The maximum Gasteiger partial charge on any atom is 0.416 e. The first-order valence-corrected chi connectivity index (χ1v) is 20.8. The van der Waals surface area contributed by atoms with Crippen LogP contribution in [0.2, 0.25) is 0 Å². The smallest absolute Gasteiger partial charge is 0.416 e. The summed E-state index contributed by atoms with van der Waals surface area (Å²) in [6.45, 7) is 1.51. The molecule has 0 bridgehead atoms. The summed E-state index contributed by atoms with van der Waals surface area (Å²) in [7, 11) is 0. The van der Waals surface area contributed by atoms with Crippen LogP contribution >= 0.6 is 0 Å². The zero-order valence-electron chi connectivity index (χ0n) is 35.1. The summed E-state index contributed by atoms with van der Waals surface area (Å²) < 4.78 is 42.1. The third-order valence-corrected chi connectivity index (χ3v) is 12.3. The molecule has 2 aromatic heterocycles. The van der Waals surface area contributed by atoms with Crippen molar-refractivity contribution in [2.24, 2.45) is 5.73 Å². The summed E-state index contributed by atoms with van der Waals surface area (Å²) in [5.41, 5.74) is 3.24. The minimum Gasteiger partial charge on any atom is -0.465 e. The summed E-state index contributed by atoms with van der Waals surface area (Å²) in [6, 6.07) is 32.7. The summed E-state index contributed by atoms with van der Waals surface area (Å²) in [5.74, 6) is -2.35. The Morgan fingerprint density at radius 3 is 1.97 bits per heavy atom. The van der Waals surface area contributed by atoms with Gasteiger partial charge in [-0.2, -0.15) is 13.2 Å². The number of hydrogen-bond acceptors (Lipinski definition) is 8. The number of carbonyl (C=O) groups is 4. The molecule has 2 aliphatic heterocycles. The monoisotopic (exact) mass is 906 g/mol. The van der Waals surface area contributed by atoms with Crippen LogP contribution in [0.4, 0.5) is 29.6 Å². The zero-order valence-corrected chi connectivity index (χ0v) is 35.1. The molecule has 0 saturated heterocycles. The molecular formula is C49H37F3N8O7. The van der Waals surface area contributed by atoms with Crippen molar-refractivity contribution >= 4 is 57.5 Å². The number of imidazole rings is 2. The number of halogens is 3. The molecule has 18 heteroatoms. The van der Waals surface area contributed by atoms with Gasteiger partial charge in [0, 0.05) is 45.6 Å². The van der Waals surface area contributed by atoms with E-state index in [1.807, 2.05) is 30.3 Å². The molecular weight excluding hydrogens is 870 g/mol. The van der Waals surface area contributed by atoms with Crippen molar-refractivity contribution in [1.82, 2.24) is 24.8 Å². The number of nitrogens with two attached hydrogens (primary N) is 1. The van der Waals surface area contributed by atoms with E-state index in [1.165, 1.54) is 48.2 Å². The number of hydrogen-bond donors (Lipinski definition) is 6. The maximum absolute atomic E-state index is 14.0. The Balaban J connectivity index is 1.04. The van der Waals surface area contributed by atoms with E-state index in [0.29, 0.717) is 16.6 Å². The highest BCUT2D eigenvalue weighted by molar-refractivity contribution is 6.12. The van der Waals surface area contributed by atoms with Crippen molar-refractivity contribution in [3.63, 3.8) is 0 Å². The fraction of sp³-hybridized carbons (Fsp3) is 0.143. The van der Waals surface area contributed by atoms with E-state index in [9.17, 15) is 47.7 Å². The highest BCUT2D eigenvalue weighted by atomic mass is 19.4. The van der Waals surface area contributed by atoms with Gasteiger partial charge < -0.3 is 31.0 Å². The first-order chi connectivity index (χ1) is 32.0. The predicted molar refractivity (Wildman–Crippen MR) is 237 cm³/mol. The number of rotatable bonds is 10.